The summed E-state index contributed by atoms with van der Waals surface area (Å²) in [6.07, 6.45) is 11.9. The molecule has 0 fully saturated rings. The van der Waals surface area contributed by atoms with Gasteiger partial charge in [0, 0.05) is 0 Å². The van der Waals surface area contributed by atoms with Gasteiger partial charge < -0.3 is 0 Å². The van der Waals surface area contributed by atoms with E-state index in [0.717, 1.165) is 25.7 Å². The van der Waals surface area contributed by atoms with Crippen LogP contribution in [0.1, 0.15) is 81.9 Å². The molecule has 4 heteroatoms. The van der Waals surface area contributed by atoms with Crippen molar-refractivity contribution in [1.82, 2.24) is 0 Å². The van der Waals surface area contributed by atoms with Gasteiger partial charge >= 0.3 is 0 Å². The van der Waals surface area contributed by atoms with Gasteiger partial charge in [-0.05, 0) is 61.6 Å². The molecule has 1 aromatic rings. The Labute approximate surface area is 148 Å². The molecule has 0 aliphatic carbocycles. The zero-order chi connectivity index (χ0) is 17.8. The first-order valence-corrected chi connectivity index (χ1v) is 11.1. The zero-order valence-corrected chi connectivity index (χ0v) is 16.2. The monoisotopic (exact) mass is 354 g/mol. The summed E-state index contributed by atoms with van der Waals surface area (Å²) < 4.78 is 30.4. The molecule has 3 nitrogen and oxygen atoms in total. The van der Waals surface area contributed by atoms with E-state index in [1.165, 1.54) is 55.2 Å². The predicted octanol–water partition coefficient (Wildman–Crippen LogP) is 5.36. The number of rotatable bonds is 13. The Hall–Kier alpha value is -0.870. The molecule has 0 bridgehead atoms. The Morgan fingerprint density at radius 2 is 1.38 bits per heavy atom. The van der Waals surface area contributed by atoms with Gasteiger partial charge in [-0.3, -0.25) is 4.55 Å². The third kappa shape index (κ3) is 9.43. The minimum Gasteiger partial charge on any atom is -0.286 e. The van der Waals surface area contributed by atoms with E-state index in [0.29, 0.717) is 6.42 Å². The zero-order valence-electron chi connectivity index (χ0n) is 15.4. The molecule has 0 aromatic heterocycles. The van der Waals surface area contributed by atoms with Crippen molar-refractivity contribution in [3.8, 4) is 0 Å². The summed E-state index contributed by atoms with van der Waals surface area (Å²) in [4.78, 5) is 0. The maximum absolute atomic E-state index is 10.8. The van der Waals surface area contributed by atoms with E-state index in [4.69, 9.17) is 4.55 Å². The lowest BCUT2D eigenvalue weighted by Crippen LogP contribution is -2.04. The number of hydrogen-bond donors (Lipinski definition) is 1. The Morgan fingerprint density at radius 1 is 0.792 bits per heavy atom. The molecule has 0 spiro atoms. The molecule has 1 N–H and O–H groups in total. The SMILES string of the molecule is CCCCCc1ccc(CCCCS(=O)(=O)O)c(CCCCC)c1. The van der Waals surface area contributed by atoms with Crippen molar-refractivity contribution in [1.29, 1.82) is 0 Å². The van der Waals surface area contributed by atoms with Crippen molar-refractivity contribution in [2.24, 2.45) is 0 Å². The van der Waals surface area contributed by atoms with E-state index in [1.54, 1.807) is 0 Å². The standard InChI is InChI=1S/C20H34O3S/c1-3-5-7-11-18-14-15-19(12-9-10-16-24(21,22)23)20(17-18)13-8-6-4-2/h14-15,17H,3-13,16H2,1-2H3,(H,21,22,23). The molecule has 0 radical (unpaired) electrons. The third-order valence-electron chi connectivity index (χ3n) is 4.49. The molecule has 24 heavy (non-hydrogen) atoms. The molecule has 0 amide bonds. The first-order chi connectivity index (χ1) is 11.5. The molecule has 1 rings (SSSR count). The Kier molecular flexibility index (Phi) is 10.3. The van der Waals surface area contributed by atoms with Gasteiger partial charge in [-0.25, -0.2) is 0 Å². The second-order valence-electron chi connectivity index (χ2n) is 6.76. The third-order valence-corrected chi connectivity index (χ3v) is 5.29. The molecular weight excluding hydrogens is 320 g/mol. The van der Waals surface area contributed by atoms with E-state index < -0.39 is 10.1 Å². The van der Waals surface area contributed by atoms with Crippen molar-refractivity contribution >= 4 is 10.1 Å². The molecule has 1 aromatic carbocycles. The summed E-state index contributed by atoms with van der Waals surface area (Å²) in [6.45, 7) is 4.45. The van der Waals surface area contributed by atoms with E-state index in [-0.39, 0.29) is 5.75 Å². The van der Waals surface area contributed by atoms with Crippen LogP contribution >= 0.6 is 0 Å². The average molecular weight is 355 g/mol. The van der Waals surface area contributed by atoms with Crippen molar-refractivity contribution in [3.05, 3.63) is 34.9 Å². The lowest BCUT2D eigenvalue weighted by atomic mass is 9.94. The van der Waals surface area contributed by atoms with Crippen LogP contribution < -0.4 is 0 Å². The first-order valence-electron chi connectivity index (χ1n) is 9.52. The highest BCUT2D eigenvalue weighted by Crippen LogP contribution is 2.19. The van der Waals surface area contributed by atoms with E-state index >= 15 is 0 Å². The second kappa shape index (κ2) is 11.6. The van der Waals surface area contributed by atoms with Crippen LogP contribution in [0.5, 0.6) is 0 Å². The van der Waals surface area contributed by atoms with E-state index in [1.807, 2.05) is 0 Å². The van der Waals surface area contributed by atoms with Gasteiger partial charge in [-0.15, -0.1) is 0 Å². The van der Waals surface area contributed by atoms with Gasteiger partial charge in [-0.1, -0.05) is 57.7 Å². The van der Waals surface area contributed by atoms with Gasteiger partial charge in [0.05, 0.1) is 5.75 Å². The summed E-state index contributed by atoms with van der Waals surface area (Å²) in [5, 5.41) is 0. The second-order valence-corrected chi connectivity index (χ2v) is 8.33. The molecule has 0 aliphatic rings. The van der Waals surface area contributed by atoms with Crippen LogP contribution in [-0.4, -0.2) is 18.7 Å². The van der Waals surface area contributed by atoms with Crippen LogP contribution in [-0.2, 0) is 29.4 Å². The molecule has 138 valence electrons. The molecule has 0 unspecified atom stereocenters. The fourth-order valence-corrected chi connectivity index (χ4v) is 3.62. The lowest BCUT2D eigenvalue weighted by Gasteiger charge is -2.12. The summed E-state index contributed by atoms with van der Waals surface area (Å²) >= 11 is 0. The Balaban J connectivity index is 2.65. The van der Waals surface area contributed by atoms with Gasteiger partial charge in [0.15, 0.2) is 0 Å². The summed E-state index contributed by atoms with van der Waals surface area (Å²) in [7, 11) is -3.83. The summed E-state index contributed by atoms with van der Waals surface area (Å²) in [5.74, 6) is -0.132. The van der Waals surface area contributed by atoms with Gasteiger partial charge in [-0.2, -0.15) is 8.42 Å². The largest absolute Gasteiger partial charge is 0.286 e. The molecule has 0 heterocycles. The van der Waals surface area contributed by atoms with Gasteiger partial charge in [0.2, 0.25) is 0 Å². The van der Waals surface area contributed by atoms with Crippen LogP contribution in [0.3, 0.4) is 0 Å². The van der Waals surface area contributed by atoms with Gasteiger partial charge in [0.1, 0.15) is 0 Å². The van der Waals surface area contributed by atoms with E-state index in [9.17, 15) is 8.42 Å². The first kappa shape index (κ1) is 21.2. The average Bonchev–Trinajstić information content (AvgIpc) is 2.52. The number of unbranched alkanes of at least 4 members (excludes halogenated alkanes) is 5. The summed E-state index contributed by atoms with van der Waals surface area (Å²) in [6, 6.07) is 6.83. The maximum atomic E-state index is 10.8. The highest BCUT2D eigenvalue weighted by molar-refractivity contribution is 7.85. The highest BCUT2D eigenvalue weighted by Gasteiger charge is 2.07. The van der Waals surface area contributed by atoms with Crippen LogP contribution in [0.25, 0.3) is 0 Å². The van der Waals surface area contributed by atoms with Crippen molar-refractivity contribution in [2.45, 2.75) is 84.5 Å². The smallest absolute Gasteiger partial charge is 0.264 e. The number of hydrogen-bond acceptors (Lipinski definition) is 2. The summed E-state index contributed by atoms with van der Waals surface area (Å²) in [5.41, 5.74) is 4.21. The van der Waals surface area contributed by atoms with Crippen molar-refractivity contribution < 1.29 is 13.0 Å². The maximum Gasteiger partial charge on any atom is 0.264 e. The molecule has 0 atom stereocenters. The van der Waals surface area contributed by atoms with E-state index in [2.05, 4.69) is 32.0 Å². The fourth-order valence-electron chi connectivity index (χ4n) is 3.06. The predicted molar refractivity (Wildman–Crippen MR) is 102 cm³/mol. The molecule has 0 aliphatic heterocycles. The van der Waals surface area contributed by atoms with Crippen LogP contribution in [0, 0.1) is 0 Å². The fraction of sp³-hybridized carbons (Fsp3) is 0.700. The number of aryl methyl sites for hydroxylation is 3. The van der Waals surface area contributed by atoms with Crippen molar-refractivity contribution in [3.63, 3.8) is 0 Å². The van der Waals surface area contributed by atoms with Crippen LogP contribution in [0.4, 0.5) is 0 Å². The molecule has 0 saturated heterocycles. The number of benzene rings is 1. The highest BCUT2D eigenvalue weighted by atomic mass is 32.2. The van der Waals surface area contributed by atoms with Crippen LogP contribution in [0.2, 0.25) is 0 Å². The quantitative estimate of drug-likeness (QED) is 0.383. The van der Waals surface area contributed by atoms with Crippen molar-refractivity contribution in [2.75, 3.05) is 5.75 Å². The van der Waals surface area contributed by atoms with Gasteiger partial charge in [0.25, 0.3) is 10.1 Å². The topological polar surface area (TPSA) is 54.4 Å². The Morgan fingerprint density at radius 3 is 2.00 bits per heavy atom. The Bertz CT molecular complexity index is 564. The minimum absolute atomic E-state index is 0.132. The van der Waals surface area contributed by atoms with Crippen LogP contribution in [0.15, 0.2) is 18.2 Å². The molecule has 0 saturated carbocycles. The minimum atomic E-state index is -3.83. The normalized spacial score (nSPS) is 11.8. The lowest BCUT2D eigenvalue weighted by molar-refractivity contribution is 0.480. The molecular formula is C20H34O3S.